The molecule has 6 heteroatoms. The molecule has 4 nitrogen and oxygen atoms in total. The fourth-order valence-electron chi connectivity index (χ4n) is 11.5. The number of aromatic hydroxyl groups is 2. The minimum absolute atomic E-state index is 0.247. The number of benzene rings is 8. The molecule has 0 radical (unpaired) electrons. The number of aliphatic imine (C=N–C) groups is 2. The maximum Gasteiger partial charge on any atom is 0.158 e. The van der Waals surface area contributed by atoms with E-state index in [9.17, 15) is 10.2 Å². The topological polar surface area (TPSA) is 65.2 Å². The van der Waals surface area contributed by atoms with Crippen molar-refractivity contribution in [3.63, 3.8) is 0 Å². The summed E-state index contributed by atoms with van der Waals surface area (Å²) in [4.78, 5) is 11.2. The zero-order valence-corrected chi connectivity index (χ0v) is 47.7. The van der Waals surface area contributed by atoms with Crippen LogP contribution in [0.5, 0.6) is 11.5 Å². The van der Waals surface area contributed by atoms with E-state index in [0.717, 1.165) is 32.6 Å². The third kappa shape index (κ3) is 10.3. The van der Waals surface area contributed by atoms with E-state index < -0.39 is 28.2 Å². The Balaban J connectivity index is 1.37. The van der Waals surface area contributed by atoms with Gasteiger partial charge in [0.1, 0.15) is 23.6 Å². The second-order valence-electron chi connectivity index (χ2n) is 24.2. The lowest BCUT2D eigenvalue weighted by molar-refractivity contribution is 0.475. The Hall–Kier alpha value is -6.87. The molecule has 378 valence electrons. The molecule has 0 unspecified atom stereocenters. The van der Waals surface area contributed by atoms with Gasteiger partial charge in [0.05, 0.1) is 0 Å². The maximum absolute atomic E-state index is 13.1. The van der Waals surface area contributed by atoms with Crippen LogP contribution in [0, 0.1) is 0 Å². The summed E-state index contributed by atoms with van der Waals surface area (Å²) in [5, 5.41) is 32.6. The molecule has 8 aromatic carbocycles. The molecule has 0 heterocycles. The summed E-state index contributed by atoms with van der Waals surface area (Å²) in [5.41, 5.74) is 5.05. The van der Waals surface area contributed by atoms with Gasteiger partial charge in [-0.05, 0) is 86.4 Å². The number of phenols is 2. The Kier molecular flexibility index (Phi) is 15.3. The third-order valence-corrected chi connectivity index (χ3v) is 26.9. The summed E-state index contributed by atoms with van der Waals surface area (Å²) >= 11 is 0. The highest BCUT2D eigenvalue weighted by Crippen LogP contribution is 2.42. The zero-order valence-electron chi connectivity index (χ0n) is 45.7. The normalized spacial score (nSPS) is 13.8. The Labute approximate surface area is 444 Å². The van der Waals surface area contributed by atoms with E-state index in [1.165, 1.54) is 20.7 Å². The first-order valence-corrected chi connectivity index (χ1v) is 30.2. The van der Waals surface area contributed by atoms with Crippen molar-refractivity contribution in [1.82, 2.24) is 0 Å². The first-order chi connectivity index (χ1) is 35.1. The van der Waals surface area contributed by atoms with E-state index in [1.54, 1.807) is 0 Å². The lowest BCUT2D eigenvalue weighted by Gasteiger charge is -2.45. The summed E-state index contributed by atoms with van der Waals surface area (Å²) < 4.78 is 0. The van der Waals surface area contributed by atoms with Crippen LogP contribution in [0.1, 0.15) is 129 Å². The molecule has 8 aromatic rings. The van der Waals surface area contributed by atoms with Crippen molar-refractivity contribution < 1.29 is 10.2 Å². The van der Waals surface area contributed by atoms with Crippen LogP contribution in [0.15, 0.2) is 216 Å². The van der Waals surface area contributed by atoms with Crippen LogP contribution in [-0.2, 0) is 10.8 Å². The Morgan fingerprint density at radius 1 is 0.351 bits per heavy atom. The summed E-state index contributed by atoms with van der Waals surface area (Å²) in [6, 6.07) is 71.9. The second-order valence-corrected chi connectivity index (χ2v) is 33.5. The summed E-state index contributed by atoms with van der Waals surface area (Å²) in [5.74, 6) is 0.504. The molecule has 2 N–H and O–H groups in total. The standard InChI is InChI=1S/C68H76N2O2Si2/c1-65(2,3)53-43-51(63(71)59(45-53)73(67(7,8)9,55-35-23-15-24-36-55)56-37-25-16-26-38-56)47-69-61(49-31-19-13-20-32-49)62(50-33-21-14-22-34-50)70-48-52-44-54(66(4,5)6)46-60(64(52)72)74(68(10,11)12,57-39-27-17-28-40-57)58-41-29-18-30-42-58/h13-48,61-62,71-72H,1-12H3/t61-,62-/m1/s1. The van der Waals surface area contributed by atoms with Crippen molar-refractivity contribution >= 4 is 59.7 Å². The SMILES string of the molecule is CC(C)(C)c1cc(C=N[C@H](c2ccccc2)[C@H](N=Cc2cc(C(C)(C)C)cc([Si](c3ccccc3)(c3ccccc3)C(C)(C)C)c2O)c2ccccc2)c(O)c([Si](c2ccccc2)(c2ccccc2)C(C)(C)C)c1. The first kappa shape index (κ1) is 53.4. The average Bonchev–Trinajstić information content (AvgIpc) is 3.37. The molecular formula is C68H76N2O2Si2. The molecule has 0 aromatic heterocycles. The van der Waals surface area contributed by atoms with Crippen molar-refractivity contribution in [2.75, 3.05) is 0 Å². The smallest absolute Gasteiger partial charge is 0.158 e. The van der Waals surface area contributed by atoms with Crippen molar-refractivity contribution in [1.29, 1.82) is 0 Å². The Morgan fingerprint density at radius 2 is 0.595 bits per heavy atom. The van der Waals surface area contributed by atoms with Crippen molar-refractivity contribution in [3.05, 3.63) is 240 Å². The predicted octanol–water partition coefficient (Wildman–Crippen LogP) is 13.3. The minimum Gasteiger partial charge on any atom is -0.507 e. The zero-order chi connectivity index (χ0) is 53.1. The average molecular weight is 1010 g/mol. The van der Waals surface area contributed by atoms with Gasteiger partial charge in [0.25, 0.3) is 0 Å². The van der Waals surface area contributed by atoms with Gasteiger partial charge in [0.2, 0.25) is 0 Å². The van der Waals surface area contributed by atoms with Crippen molar-refractivity contribution in [3.8, 4) is 11.5 Å². The highest BCUT2D eigenvalue weighted by atomic mass is 28.3. The lowest BCUT2D eigenvalue weighted by Crippen LogP contribution is -2.72. The molecular weight excluding hydrogens is 933 g/mol. The number of rotatable bonds is 13. The van der Waals surface area contributed by atoms with Gasteiger partial charge in [-0.15, -0.1) is 0 Å². The van der Waals surface area contributed by atoms with Crippen LogP contribution < -0.4 is 31.1 Å². The van der Waals surface area contributed by atoms with Crippen LogP contribution in [0.3, 0.4) is 0 Å². The van der Waals surface area contributed by atoms with Gasteiger partial charge in [0.15, 0.2) is 16.1 Å². The quantitative estimate of drug-likeness (QED) is 0.0687. The summed E-state index contributed by atoms with van der Waals surface area (Å²) in [7, 11) is -6.02. The van der Waals surface area contributed by atoms with E-state index in [4.69, 9.17) is 9.98 Å². The molecule has 0 amide bonds. The number of hydrogen-bond donors (Lipinski definition) is 2. The van der Waals surface area contributed by atoms with Crippen LogP contribution in [0.25, 0.3) is 0 Å². The molecule has 0 saturated heterocycles. The Bertz CT molecular complexity index is 2900. The molecule has 0 spiro atoms. The third-order valence-electron chi connectivity index (χ3n) is 15.2. The molecule has 2 atom stereocenters. The number of phenolic OH excluding ortho intramolecular Hbond substituents is 2. The monoisotopic (exact) mass is 1010 g/mol. The van der Waals surface area contributed by atoms with Crippen LogP contribution in [-0.4, -0.2) is 38.8 Å². The van der Waals surface area contributed by atoms with Gasteiger partial charge < -0.3 is 10.2 Å². The lowest BCUT2D eigenvalue weighted by atomic mass is 9.86. The number of nitrogens with zero attached hydrogens (tertiary/aromatic N) is 2. The van der Waals surface area contributed by atoms with E-state index in [-0.39, 0.29) is 32.4 Å². The Morgan fingerprint density at radius 3 is 0.824 bits per heavy atom. The van der Waals surface area contributed by atoms with Gasteiger partial charge in [0, 0.05) is 23.6 Å². The van der Waals surface area contributed by atoms with Crippen LogP contribution in [0.4, 0.5) is 0 Å². The van der Waals surface area contributed by atoms with Gasteiger partial charge in [-0.25, -0.2) is 0 Å². The van der Waals surface area contributed by atoms with Crippen LogP contribution in [0.2, 0.25) is 10.1 Å². The highest BCUT2D eigenvalue weighted by Gasteiger charge is 2.52. The molecule has 0 bridgehead atoms. The fourth-order valence-corrected chi connectivity index (χ4v) is 23.0. The first-order valence-electron chi connectivity index (χ1n) is 26.2. The van der Waals surface area contributed by atoms with E-state index in [2.05, 4.69) is 277 Å². The molecule has 0 aliphatic heterocycles. The van der Waals surface area contributed by atoms with Crippen LogP contribution >= 0.6 is 0 Å². The molecule has 74 heavy (non-hydrogen) atoms. The summed E-state index contributed by atoms with van der Waals surface area (Å²) in [6.45, 7) is 27.4. The second kappa shape index (κ2) is 21.2. The minimum atomic E-state index is -3.01. The van der Waals surface area contributed by atoms with E-state index >= 15 is 0 Å². The van der Waals surface area contributed by atoms with Gasteiger partial charge >= 0.3 is 0 Å². The van der Waals surface area contributed by atoms with Gasteiger partial charge in [-0.1, -0.05) is 277 Å². The maximum atomic E-state index is 13.1. The molecule has 8 rings (SSSR count). The number of hydrogen-bond acceptors (Lipinski definition) is 4. The van der Waals surface area contributed by atoms with E-state index in [0.29, 0.717) is 11.1 Å². The molecule has 0 fully saturated rings. The molecule has 0 saturated carbocycles. The van der Waals surface area contributed by atoms with Gasteiger partial charge in [-0.2, -0.15) is 0 Å². The highest BCUT2D eigenvalue weighted by molar-refractivity contribution is 7.14. The van der Waals surface area contributed by atoms with Crippen molar-refractivity contribution in [2.45, 2.75) is 116 Å². The molecule has 0 aliphatic rings. The molecule has 0 aliphatic carbocycles. The fraction of sp³-hybridized carbons (Fsp3) is 0.265. The van der Waals surface area contributed by atoms with E-state index in [1.807, 2.05) is 24.6 Å². The van der Waals surface area contributed by atoms with Gasteiger partial charge in [-0.3, -0.25) is 9.98 Å². The van der Waals surface area contributed by atoms with Crippen molar-refractivity contribution in [2.24, 2.45) is 9.98 Å². The summed E-state index contributed by atoms with van der Waals surface area (Å²) in [6.07, 6.45) is 3.79. The predicted molar refractivity (Wildman–Crippen MR) is 322 cm³/mol. The largest absolute Gasteiger partial charge is 0.507 e.